The van der Waals surface area contributed by atoms with Crippen molar-refractivity contribution in [2.24, 2.45) is 0 Å². The van der Waals surface area contributed by atoms with E-state index in [1.807, 2.05) is 32.2 Å². The molecule has 0 unspecified atom stereocenters. The van der Waals surface area contributed by atoms with Gasteiger partial charge in [-0.05, 0) is 32.0 Å². The second kappa shape index (κ2) is 12.4. The number of likely N-dealkylation sites (N-methyl/N-ethyl adjacent to an activating group) is 1. The van der Waals surface area contributed by atoms with Crippen LogP contribution in [0.4, 0.5) is 15.9 Å². The first-order valence-corrected chi connectivity index (χ1v) is 13.3. The number of carbonyl (C=O) groups is 1. The van der Waals surface area contributed by atoms with Gasteiger partial charge in [0.2, 0.25) is 0 Å². The van der Waals surface area contributed by atoms with Crippen LogP contribution in [0.25, 0.3) is 0 Å². The van der Waals surface area contributed by atoms with E-state index >= 15 is 0 Å². The van der Waals surface area contributed by atoms with Gasteiger partial charge in [-0.3, -0.25) is 4.79 Å². The molecule has 2 atom stereocenters. The Kier molecular flexibility index (Phi) is 9.02. The number of hydrogen-bond donors (Lipinski definition) is 1. The van der Waals surface area contributed by atoms with Gasteiger partial charge in [0, 0.05) is 49.4 Å². The Morgan fingerprint density at radius 1 is 1.32 bits per heavy atom. The number of rotatable bonds is 9. The third-order valence-corrected chi connectivity index (χ3v) is 7.34. The largest absolute Gasteiger partial charge is 0.462 e. The maximum atomic E-state index is 13.7. The number of hydrogen-bond acceptors (Lipinski definition) is 8. The smallest absolute Gasteiger partial charge is 0.318 e. The molecule has 0 radical (unpaired) electrons. The summed E-state index contributed by atoms with van der Waals surface area (Å²) >= 11 is 6.22. The standard InChI is InChI=1S/C27H33ClFN7O2/c1-18(31-3)17-38-27-32-23-16-34(24-7-5-4-6-20(24)14-28)11-9-22(23)25(33-27)35-12-13-36(26(37)19(2)29)21(15-35)8-10-30/h4-7,18,21,31H,2,8-9,11-17H2,1,3H3/t18-,21-/m0/s1. The minimum absolute atomic E-state index is 0.0782. The fraction of sp³-hybridized carbons (Fsp3) is 0.481. The highest BCUT2D eigenvalue weighted by Gasteiger charge is 2.34. The van der Waals surface area contributed by atoms with Crippen LogP contribution >= 0.6 is 11.6 Å². The third kappa shape index (κ3) is 6.00. The zero-order valence-electron chi connectivity index (χ0n) is 21.8. The summed E-state index contributed by atoms with van der Waals surface area (Å²) in [5.74, 6) is -0.637. The van der Waals surface area contributed by atoms with Crippen LogP contribution in [0.2, 0.25) is 0 Å². The second-order valence-electron chi connectivity index (χ2n) is 9.56. The molecule has 2 aliphatic rings. The summed E-state index contributed by atoms with van der Waals surface area (Å²) < 4.78 is 19.6. The Labute approximate surface area is 227 Å². The number of amides is 1. The summed E-state index contributed by atoms with van der Waals surface area (Å²) in [6.45, 7) is 7.92. The summed E-state index contributed by atoms with van der Waals surface area (Å²) in [6.07, 6.45) is 0.784. The van der Waals surface area contributed by atoms with E-state index in [1.165, 1.54) is 4.90 Å². The molecular formula is C27H33ClFN7O2. The number of aromatic nitrogens is 2. The van der Waals surface area contributed by atoms with Gasteiger partial charge in [-0.15, -0.1) is 11.6 Å². The van der Waals surface area contributed by atoms with E-state index < -0.39 is 17.8 Å². The second-order valence-corrected chi connectivity index (χ2v) is 9.82. The van der Waals surface area contributed by atoms with Gasteiger partial charge in [-0.1, -0.05) is 24.8 Å². The summed E-state index contributed by atoms with van der Waals surface area (Å²) in [5.41, 5.74) is 4.02. The number of piperazine rings is 1. The van der Waals surface area contributed by atoms with E-state index in [-0.39, 0.29) is 25.0 Å². The van der Waals surface area contributed by atoms with Crippen molar-refractivity contribution in [1.82, 2.24) is 20.2 Å². The maximum Gasteiger partial charge on any atom is 0.318 e. The highest BCUT2D eigenvalue weighted by Crippen LogP contribution is 2.33. The summed E-state index contributed by atoms with van der Waals surface area (Å²) in [5, 5.41) is 12.5. The van der Waals surface area contributed by atoms with E-state index in [2.05, 4.69) is 33.8 Å². The van der Waals surface area contributed by atoms with Gasteiger partial charge in [0.25, 0.3) is 5.91 Å². The van der Waals surface area contributed by atoms with Crippen LogP contribution in [0.3, 0.4) is 0 Å². The number of nitrogens with zero attached hydrogens (tertiary/aromatic N) is 6. The fourth-order valence-electron chi connectivity index (χ4n) is 4.89. The molecule has 9 nitrogen and oxygen atoms in total. The lowest BCUT2D eigenvalue weighted by molar-refractivity contribution is -0.131. The normalized spacial score (nSPS) is 18.0. The van der Waals surface area contributed by atoms with Crippen molar-refractivity contribution in [2.45, 2.75) is 44.3 Å². The number of nitriles is 1. The van der Waals surface area contributed by atoms with E-state index in [1.54, 1.807) is 0 Å². The molecule has 1 N–H and O–H groups in total. The number of para-hydroxylation sites is 1. The van der Waals surface area contributed by atoms with Crippen molar-refractivity contribution in [2.75, 3.05) is 49.6 Å². The zero-order chi connectivity index (χ0) is 27.2. The molecule has 0 spiro atoms. The molecule has 11 heteroatoms. The number of alkyl halides is 1. The van der Waals surface area contributed by atoms with Gasteiger partial charge in [0.05, 0.1) is 30.8 Å². The summed E-state index contributed by atoms with van der Waals surface area (Å²) in [6, 6.07) is 10.1. The predicted octanol–water partition coefficient (Wildman–Crippen LogP) is 3.18. The number of benzene rings is 1. The van der Waals surface area contributed by atoms with Crippen LogP contribution in [-0.4, -0.2) is 72.7 Å². The number of nitrogens with one attached hydrogen (secondary N) is 1. The Morgan fingerprint density at radius 3 is 2.82 bits per heavy atom. The molecule has 0 aliphatic carbocycles. The molecule has 1 aromatic carbocycles. The highest BCUT2D eigenvalue weighted by molar-refractivity contribution is 6.17. The molecule has 2 aromatic rings. The predicted molar refractivity (Wildman–Crippen MR) is 145 cm³/mol. The molecule has 202 valence electrons. The van der Waals surface area contributed by atoms with Crippen LogP contribution in [0.5, 0.6) is 6.01 Å². The lowest BCUT2D eigenvalue weighted by Gasteiger charge is -2.42. The van der Waals surface area contributed by atoms with Crippen LogP contribution in [0, 0.1) is 11.3 Å². The molecule has 0 bridgehead atoms. The average Bonchev–Trinajstić information content (AvgIpc) is 2.94. The molecule has 1 aromatic heterocycles. The van der Waals surface area contributed by atoms with Crippen LogP contribution in [-0.2, 0) is 23.6 Å². The van der Waals surface area contributed by atoms with E-state index in [0.29, 0.717) is 38.5 Å². The third-order valence-electron chi connectivity index (χ3n) is 7.06. The number of fused-ring (bicyclic) bond motifs is 1. The Morgan fingerprint density at radius 2 is 2.11 bits per heavy atom. The van der Waals surface area contributed by atoms with Gasteiger partial charge < -0.3 is 24.8 Å². The van der Waals surface area contributed by atoms with Crippen molar-refractivity contribution in [3.8, 4) is 12.1 Å². The maximum absolute atomic E-state index is 13.7. The van der Waals surface area contributed by atoms with Gasteiger partial charge >= 0.3 is 6.01 Å². The quantitative estimate of drug-likeness (QED) is 0.382. The van der Waals surface area contributed by atoms with Gasteiger partial charge in [-0.2, -0.15) is 15.2 Å². The fourth-order valence-corrected chi connectivity index (χ4v) is 5.11. The van der Waals surface area contributed by atoms with E-state index in [4.69, 9.17) is 26.3 Å². The number of carbonyl (C=O) groups excluding carboxylic acids is 1. The number of ether oxygens (including phenoxy) is 1. The Bertz CT molecular complexity index is 1220. The van der Waals surface area contributed by atoms with Gasteiger partial charge in [0.1, 0.15) is 12.4 Å². The monoisotopic (exact) mass is 541 g/mol. The Balaban J connectivity index is 1.67. The van der Waals surface area contributed by atoms with E-state index in [0.717, 1.165) is 34.9 Å². The van der Waals surface area contributed by atoms with Crippen molar-refractivity contribution in [3.05, 3.63) is 53.5 Å². The van der Waals surface area contributed by atoms with Crippen molar-refractivity contribution in [3.63, 3.8) is 0 Å². The van der Waals surface area contributed by atoms with Crippen LogP contribution in [0.1, 0.15) is 30.2 Å². The molecule has 2 aliphatic heterocycles. The lowest BCUT2D eigenvalue weighted by atomic mass is 10.0. The van der Waals surface area contributed by atoms with Crippen LogP contribution < -0.4 is 19.9 Å². The molecule has 1 saturated heterocycles. The first kappa shape index (κ1) is 27.6. The first-order chi connectivity index (χ1) is 18.4. The highest BCUT2D eigenvalue weighted by atomic mass is 35.5. The SMILES string of the molecule is C=C(F)C(=O)N1CCN(c2nc(OC[C@H](C)NC)nc3c2CCN(c2ccccc2CCl)C3)C[C@@H]1CC#N. The zero-order valence-corrected chi connectivity index (χ0v) is 22.5. The molecule has 4 rings (SSSR count). The number of anilines is 2. The van der Waals surface area contributed by atoms with Gasteiger partial charge in [-0.25, -0.2) is 4.39 Å². The summed E-state index contributed by atoms with van der Waals surface area (Å²) in [7, 11) is 1.86. The van der Waals surface area contributed by atoms with Crippen molar-refractivity contribution >= 4 is 29.0 Å². The van der Waals surface area contributed by atoms with Crippen molar-refractivity contribution in [1.29, 1.82) is 5.26 Å². The minimum atomic E-state index is -1.02. The molecule has 1 fully saturated rings. The topological polar surface area (TPSA) is 97.6 Å². The van der Waals surface area contributed by atoms with Gasteiger partial charge in [0.15, 0.2) is 5.83 Å². The summed E-state index contributed by atoms with van der Waals surface area (Å²) in [4.78, 5) is 27.7. The first-order valence-electron chi connectivity index (χ1n) is 12.7. The molecule has 3 heterocycles. The molecule has 38 heavy (non-hydrogen) atoms. The minimum Gasteiger partial charge on any atom is -0.462 e. The lowest BCUT2D eigenvalue weighted by Crippen LogP contribution is -2.55. The Hall–Kier alpha value is -3.42. The molecule has 1 amide bonds. The van der Waals surface area contributed by atoms with E-state index in [9.17, 15) is 14.4 Å². The van der Waals surface area contributed by atoms with Crippen molar-refractivity contribution < 1.29 is 13.9 Å². The molecular weight excluding hydrogens is 509 g/mol. The molecule has 0 saturated carbocycles. The van der Waals surface area contributed by atoms with Crippen LogP contribution in [0.15, 0.2) is 36.7 Å². The number of halogens is 2. The average molecular weight is 542 g/mol.